The van der Waals surface area contributed by atoms with Gasteiger partial charge < -0.3 is 19.5 Å². The maximum absolute atomic E-state index is 5.68. The maximum Gasteiger partial charge on any atom is 0.124 e. The Labute approximate surface area is 115 Å². The highest BCUT2D eigenvalue weighted by atomic mass is 16.5. The van der Waals surface area contributed by atoms with Gasteiger partial charge in [0.1, 0.15) is 11.5 Å². The highest BCUT2D eigenvalue weighted by Crippen LogP contribution is 2.34. The van der Waals surface area contributed by atoms with Crippen LogP contribution in [0.3, 0.4) is 0 Å². The zero-order valence-corrected chi connectivity index (χ0v) is 11.9. The number of ether oxygens (including phenoxy) is 3. The lowest BCUT2D eigenvalue weighted by Gasteiger charge is -2.28. The van der Waals surface area contributed by atoms with Crippen molar-refractivity contribution >= 4 is 0 Å². The van der Waals surface area contributed by atoms with Crippen LogP contribution in [0, 0.1) is 0 Å². The molecular weight excluding hydrogens is 242 g/mol. The lowest BCUT2D eigenvalue weighted by Crippen LogP contribution is -2.33. The number of rotatable bonds is 6. The first-order chi connectivity index (χ1) is 9.24. The van der Waals surface area contributed by atoms with Gasteiger partial charge in [-0.25, -0.2) is 0 Å². The van der Waals surface area contributed by atoms with Crippen molar-refractivity contribution in [2.24, 2.45) is 0 Å². The summed E-state index contributed by atoms with van der Waals surface area (Å²) in [5.41, 5.74) is 1.18. The second kappa shape index (κ2) is 6.78. The van der Waals surface area contributed by atoms with E-state index >= 15 is 0 Å². The normalized spacial score (nSPS) is 19.4. The minimum absolute atomic E-state index is 0.224. The average Bonchev–Trinajstić information content (AvgIpc) is 2.44. The highest BCUT2D eigenvalue weighted by Gasteiger charge is 2.22. The van der Waals surface area contributed by atoms with Gasteiger partial charge in [0.25, 0.3) is 0 Å². The van der Waals surface area contributed by atoms with E-state index in [2.05, 4.69) is 18.3 Å². The van der Waals surface area contributed by atoms with Crippen molar-refractivity contribution in [2.45, 2.75) is 32.4 Å². The SMILES string of the molecule is CCOC(C)CNC1CCOc2ccc(OC)cc21. The Morgan fingerprint density at radius 2 is 2.32 bits per heavy atom. The minimum atomic E-state index is 0.224. The van der Waals surface area contributed by atoms with Crippen LogP contribution in [-0.2, 0) is 4.74 Å². The quantitative estimate of drug-likeness (QED) is 0.858. The van der Waals surface area contributed by atoms with Crippen molar-refractivity contribution in [1.82, 2.24) is 5.32 Å². The third-order valence-corrected chi connectivity index (χ3v) is 3.36. The van der Waals surface area contributed by atoms with E-state index in [-0.39, 0.29) is 6.10 Å². The van der Waals surface area contributed by atoms with Crippen LogP contribution in [0.2, 0.25) is 0 Å². The molecule has 1 aliphatic heterocycles. The fourth-order valence-corrected chi connectivity index (χ4v) is 2.36. The lowest BCUT2D eigenvalue weighted by molar-refractivity contribution is 0.0724. The summed E-state index contributed by atoms with van der Waals surface area (Å²) in [6, 6.07) is 6.27. The molecule has 0 amide bonds. The van der Waals surface area contributed by atoms with Crippen molar-refractivity contribution in [3.63, 3.8) is 0 Å². The number of hydrogen-bond donors (Lipinski definition) is 1. The second-order valence-corrected chi connectivity index (χ2v) is 4.77. The molecule has 106 valence electrons. The van der Waals surface area contributed by atoms with Crippen LogP contribution < -0.4 is 14.8 Å². The molecule has 1 aromatic carbocycles. The molecule has 1 heterocycles. The van der Waals surface area contributed by atoms with Crippen LogP contribution in [0.25, 0.3) is 0 Å². The van der Waals surface area contributed by atoms with E-state index in [9.17, 15) is 0 Å². The lowest BCUT2D eigenvalue weighted by atomic mass is 10.00. The largest absolute Gasteiger partial charge is 0.497 e. The maximum atomic E-state index is 5.68. The molecule has 0 aromatic heterocycles. The zero-order chi connectivity index (χ0) is 13.7. The minimum Gasteiger partial charge on any atom is -0.497 e. The third kappa shape index (κ3) is 3.61. The van der Waals surface area contributed by atoms with E-state index in [1.807, 2.05) is 19.1 Å². The van der Waals surface area contributed by atoms with Crippen molar-refractivity contribution in [1.29, 1.82) is 0 Å². The molecule has 0 spiro atoms. The molecule has 0 bridgehead atoms. The molecule has 1 N–H and O–H groups in total. The summed E-state index contributed by atoms with van der Waals surface area (Å²) >= 11 is 0. The first kappa shape index (κ1) is 14.2. The molecule has 0 fully saturated rings. The Kier molecular flexibility index (Phi) is 5.05. The molecule has 0 radical (unpaired) electrons. The van der Waals surface area contributed by atoms with Gasteiger partial charge in [0.05, 0.1) is 19.8 Å². The molecule has 0 saturated carbocycles. The molecule has 2 unspecified atom stereocenters. The molecule has 2 rings (SSSR count). The standard InChI is InChI=1S/C15H23NO3/c1-4-18-11(2)10-16-14-7-8-19-15-6-5-12(17-3)9-13(14)15/h5-6,9,11,14,16H,4,7-8,10H2,1-3H3. The molecule has 0 aliphatic carbocycles. The van der Waals surface area contributed by atoms with E-state index < -0.39 is 0 Å². The smallest absolute Gasteiger partial charge is 0.124 e. The van der Waals surface area contributed by atoms with Crippen LogP contribution in [0.1, 0.15) is 31.9 Å². The van der Waals surface area contributed by atoms with Crippen LogP contribution in [0.15, 0.2) is 18.2 Å². The number of benzene rings is 1. The second-order valence-electron chi connectivity index (χ2n) is 4.77. The van der Waals surface area contributed by atoms with Gasteiger partial charge >= 0.3 is 0 Å². The van der Waals surface area contributed by atoms with E-state index in [0.717, 1.165) is 37.7 Å². The van der Waals surface area contributed by atoms with E-state index in [1.54, 1.807) is 7.11 Å². The van der Waals surface area contributed by atoms with Crippen molar-refractivity contribution in [2.75, 3.05) is 26.9 Å². The fraction of sp³-hybridized carbons (Fsp3) is 0.600. The Morgan fingerprint density at radius 1 is 1.47 bits per heavy atom. The van der Waals surface area contributed by atoms with Gasteiger partial charge in [-0.15, -0.1) is 0 Å². The molecule has 0 saturated heterocycles. The average molecular weight is 265 g/mol. The predicted molar refractivity (Wildman–Crippen MR) is 74.9 cm³/mol. The van der Waals surface area contributed by atoms with Gasteiger partial charge in [-0.3, -0.25) is 0 Å². The first-order valence-electron chi connectivity index (χ1n) is 6.90. The first-order valence-corrected chi connectivity index (χ1v) is 6.90. The summed E-state index contributed by atoms with van der Waals surface area (Å²) < 4.78 is 16.5. The molecule has 1 aliphatic rings. The zero-order valence-electron chi connectivity index (χ0n) is 11.9. The number of nitrogens with one attached hydrogen (secondary N) is 1. The van der Waals surface area contributed by atoms with Crippen LogP contribution in [-0.4, -0.2) is 33.0 Å². The molecular formula is C15H23NO3. The van der Waals surface area contributed by atoms with Crippen LogP contribution >= 0.6 is 0 Å². The summed E-state index contributed by atoms with van der Waals surface area (Å²) in [4.78, 5) is 0. The summed E-state index contributed by atoms with van der Waals surface area (Å²) in [6.45, 7) is 6.45. The van der Waals surface area contributed by atoms with Gasteiger partial charge in [0.2, 0.25) is 0 Å². The third-order valence-electron chi connectivity index (χ3n) is 3.36. The summed E-state index contributed by atoms with van der Waals surface area (Å²) in [5.74, 6) is 1.82. The molecule has 4 heteroatoms. The monoisotopic (exact) mass is 265 g/mol. The summed E-state index contributed by atoms with van der Waals surface area (Å²) in [5, 5.41) is 3.55. The molecule has 19 heavy (non-hydrogen) atoms. The van der Waals surface area contributed by atoms with Gasteiger partial charge in [-0.05, 0) is 32.0 Å². The molecule has 2 atom stereocenters. The number of fused-ring (bicyclic) bond motifs is 1. The Balaban J connectivity index is 2.04. The predicted octanol–water partition coefficient (Wildman–Crippen LogP) is 2.53. The van der Waals surface area contributed by atoms with Crippen molar-refractivity contribution < 1.29 is 14.2 Å². The van der Waals surface area contributed by atoms with E-state index in [4.69, 9.17) is 14.2 Å². The van der Waals surface area contributed by atoms with Crippen LogP contribution in [0.5, 0.6) is 11.5 Å². The Morgan fingerprint density at radius 3 is 3.05 bits per heavy atom. The fourth-order valence-electron chi connectivity index (χ4n) is 2.36. The van der Waals surface area contributed by atoms with E-state index in [0.29, 0.717) is 6.04 Å². The highest BCUT2D eigenvalue weighted by molar-refractivity contribution is 5.43. The van der Waals surface area contributed by atoms with Gasteiger partial charge in [0.15, 0.2) is 0 Å². The van der Waals surface area contributed by atoms with E-state index in [1.165, 1.54) is 5.56 Å². The van der Waals surface area contributed by atoms with Crippen molar-refractivity contribution in [3.8, 4) is 11.5 Å². The Hall–Kier alpha value is -1.26. The summed E-state index contributed by atoms with van der Waals surface area (Å²) in [6.07, 6.45) is 1.20. The van der Waals surface area contributed by atoms with Gasteiger partial charge in [-0.2, -0.15) is 0 Å². The number of methoxy groups -OCH3 is 1. The Bertz CT molecular complexity index is 408. The van der Waals surface area contributed by atoms with Gasteiger partial charge in [-0.1, -0.05) is 0 Å². The van der Waals surface area contributed by atoms with Crippen molar-refractivity contribution in [3.05, 3.63) is 23.8 Å². The molecule has 4 nitrogen and oxygen atoms in total. The summed E-state index contributed by atoms with van der Waals surface area (Å²) in [7, 11) is 1.69. The molecule has 1 aromatic rings. The number of hydrogen-bond acceptors (Lipinski definition) is 4. The van der Waals surface area contributed by atoms with Crippen LogP contribution in [0.4, 0.5) is 0 Å². The topological polar surface area (TPSA) is 39.7 Å². The van der Waals surface area contributed by atoms with Gasteiger partial charge in [0, 0.05) is 31.2 Å².